The summed E-state index contributed by atoms with van der Waals surface area (Å²) in [6.45, 7) is 3.74. The minimum absolute atomic E-state index is 0.495. The van der Waals surface area contributed by atoms with Crippen LogP contribution in [0.4, 0.5) is 5.13 Å². The summed E-state index contributed by atoms with van der Waals surface area (Å²) in [7, 11) is 0. The van der Waals surface area contributed by atoms with Crippen LogP contribution in [-0.4, -0.2) is 17.6 Å². The van der Waals surface area contributed by atoms with Gasteiger partial charge in [0.2, 0.25) is 0 Å². The standard InChI is InChI=1S/C11H18N2OS/c1-2-12-11-13-7-10(15-11)8-14-9-5-3-4-6-9/h7,9H,2-6,8H2,1H3,(H,12,13). The van der Waals surface area contributed by atoms with Crippen LogP contribution in [0.15, 0.2) is 6.20 Å². The summed E-state index contributed by atoms with van der Waals surface area (Å²) < 4.78 is 5.82. The Morgan fingerprint density at radius 3 is 3.07 bits per heavy atom. The maximum atomic E-state index is 5.82. The molecule has 1 aliphatic carbocycles. The highest BCUT2D eigenvalue weighted by Crippen LogP contribution is 2.24. The van der Waals surface area contributed by atoms with Crippen molar-refractivity contribution in [3.8, 4) is 0 Å². The van der Waals surface area contributed by atoms with Crippen LogP contribution in [-0.2, 0) is 11.3 Å². The fraction of sp³-hybridized carbons (Fsp3) is 0.727. The Balaban J connectivity index is 1.77. The Kier molecular flexibility index (Phi) is 3.97. The molecule has 15 heavy (non-hydrogen) atoms. The van der Waals surface area contributed by atoms with Crippen LogP contribution < -0.4 is 5.32 Å². The number of anilines is 1. The lowest BCUT2D eigenvalue weighted by Gasteiger charge is -2.08. The fourth-order valence-corrected chi connectivity index (χ4v) is 2.66. The van der Waals surface area contributed by atoms with Gasteiger partial charge in [0.25, 0.3) is 0 Å². The molecule has 1 heterocycles. The summed E-state index contributed by atoms with van der Waals surface area (Å²) in [5.74, 6) is 0. The zero-order valence-electron chi connectivity index (χ0n) is 9.16. The summed E-state index contributed by atoms with van der Waals surface area (Å²) >= 11 is 1.69. The van der Waals surface area contributed by atoms with E-state index in [1.54, 1.807) is 11.3 Å². The van der Waals surface area contributed by atoms with Gasteiger partial charge in [0.05, 0.1) is 17.6 Å². The molecule has 0 radical (unpaired) electrons. The average molecular weight is 226 g/mol. The van der Waals surface area contributed by atoms with Crippen molar-refractivity contribution < 1.29 is 4.74 Å². The number of thiazole rings is 1. The predicted octanol–water partition coefficient (Wildman–Crippen LogP) is 3.03. The van der Waals surface area contributed by atoms with E-state index in [2.05, 4.69) is 17.2 Å². The van der Waals surface area contributed by atoms with Gasteiger partial charge in [0.15, 0.2) is 5.13 Å². The number of hydrogen-bond donors (Lipinski definition) is 1. The lowest BCUT2D eigenvalue weighted by molar-refractivity contribution is 0.0472. The molecule has 1 fully saturated rings. The fourth-order valence-electron chi connectivity index (χ4n) is 1.86. The van der Waals surface area contributed by atoms with Gasteiger partial charge >= 0.3 is 0 Å². The molecule has 4 heteroatoms. The van der Waals surface area contributed by atoms with E-state index in [1.807, 2.05) is 6.20 Å². The molecule has 0 aromatic carbocycles. The van der Waals surface area contributed by atoms with Gasteiger partial charge in [0.1, 0.15) is 0 Å². The van der Waals surface area contributed by atoms with Crippen molar-refractivity contribution in [3.05, 3.63) is 11.1 Å². The molecule has 0 unspecified atom stereocenters. The Labute approximate surface area is 94.9 Å². The number of aromatic nitrogens is 1. The van der Waals surface area contributed by atoms with Crippen molar-refractivity contribution in [1.29, 1.82) is 0 Å². The normalized spacial score (nSPS) is 17.1. The van der Waals surface area contributed by atoms with Gasteiger partial charge in [-0.2, -0.15) is 0 Å². The molecule has 1 N–H and O–H groups in total. The van der Waals surface area contributed by atoms with Crippen LogP contribution in [0.5, 0.6) is 0 Å². The molecule has 1 aromatic heterocycles. The Morgan fingerprint density at radius 2 is 2.33 bits per heavy atom. The molecule has 1 aromatic rings. The zero-order valence-corrected chi connectivity index (χ0v) is 9.98. The number of ether oxygens (including phenoxy) is 1. The Hall–Kier alpha value is -0.610. The molecule has 0 saturated heterocycles. The highest BCUT2D eigenvalue weighted by atomic mass is 32.1. The first-order chi connectivity index (χ1) is 7.38. The summed E-state index contributed by atoms with van der Waals surface area (Å²) in [5, 5.41) is 4.21. The molecule has 84 valence electrons. The van der Waals surface area contributed by atoms with E-state index < -0.39 is 0 Å². The van der Waals surface area contributed by atoms with Gasteiger partial charge in [-0.25, -0.2) is 4.98 Å². The van der Waals surface area contributed by atoms with Crippen LogP contribution in [0.25, 0.3) is 0 Å². The summed E-state index contributed by atoms with van der Waals surface area (Å²) in [6.07, 6.45) is 7.54. The Morgan fingerprint density at radius 1 is 1.53 bits per heavy atom. The lowest BCUT2D eigenvalue weighted by Crippen LogP contribution is -2.06. The molecule has 0 spiro atoms. The van der Waals surface area contributed by atoms with Crippen molar-refractivity contribution in [1.82, 2.24) is 4.98 Å². The molecular weight excluding hydrogens is 208 g/mol. The first-order valence-electron chi connectivity index (χ1n) is 5.68. The second-order valence-corrected chi connectivity index (χ2v) is 4.99. The smallest absolute Gasteiger partial charge is 0.182 e. The highest BCUT2D eigenvalue weighted by molar-refractivity contribution is 7.15. The molecule has 0 bridgehead atoms. The van der Waals surface area contributed by atoms with Crippen molar-refractivity contribution >= 4 is 16.5 Å². The van der Waals surface area contributed by atoms with E-state index in [-0.39, 0.29) is 0 Å². The van der Waals surface area contributed by atoms with Gasteiger partial charge in [-0.3, -0.25) is 0 Å². The number of hydrogen-bond acceptors (Lipinski definition) is 4. The van der Waals surface area contributed by atoms with Crippen LogP contribution in [0.2, 0.25) is 0 Å². The SMILES string of the molecule is CCNc1ncc(COC2CCCC2)s1. The topological polar surface area (TPSA) is 34.2 Å². The summed E-state index contributed by atoms with van der Waals surface area (Å²) in [6, 6.07) is 0. The molecule has 1 aliphatic rings. The van der Waals surface area contributed by atoms with Gasteiger partial charge in [-0.05, 0) is 19.8 Å². The van der Waals surface area contributed by atoms with Crippen molar-refractivity contribution in [2.24, 2.45) is 0 Å². The average Bonchev–Trinajstić information content (AvgIpc) is 2.85. The maximum Gasteiger partial charge on any atom is 0.182 e. The number of rotatable bonds is 5. The quantitative estimate of drug-likeness (QED) is 0.838. The maximum absolute atomic E-state index is 5.82. The third kappa shape index (κ3) is 3.18. The van der Waals surface area contributed by atoms with Crippen LogP contribution in [0, 0.1) is 0 Å². The molecule has 2 rings (SSSR count). The number of nitrogens with zero attached hydrogens (tertiary/aromatic N) is 1. The minimum atomic E-state index is 0.495. The van der Waals surface area contributed by atoms with Crippen LogP contribution in [0.3, 0.4) is 0 Å². The van der Waals surface area contributed by atoms with E-state index in [1.165, 1.54) is 30.6 Å². The number of nitrogens with one attached hydrogen (secondary N) is 1. The first kappa shape index (κ1) is 10.9. The van der Waals surface area contributed by atoms with Crippen molar-refractivity contribution in [3.63, 3.8) is 0 Å². The van der Waals surface area contributed by atoms with E-state index >= 15 is 0 Å². The third-order valence-electron chi connectivity index (χ3n) is 2.65. The molecule has 1 saturated carbocycles. The zero-order chi connectivity index (χ0) is 10.5. The minimum Gasteiger partial charge on any atom is -0.373 e. The molecule has 0 atom stereocenters. The van der Waals surface area contributed by atoms with E-state index in [0.717, 1.165) is 18.3 Å². The van der Waals surface area contributed by atoms with E-state index in [0.29, 0.717) is 6.10 Å². The highest BCUT2D eigenvalue weighted by Gasteiger charge is 2.15. The first-order valence-corrected chi connectivity index (χ1v) is 6.50. The van der Waals surface area contributed by atoms with Crippen LogP contribution in [0.1, 0.15) is 37.5 Å². The Bertz CT molecular complexity index is 295. The third-order valence-corrected chi connectivity index (χ3v) is 3.57. The monoisotopic (exact) mass is 226 g/mol. The van der Waals surface area contributed by atoms with Crippen LogP contribution >= 0.6 is 11.3 Å². The second kappa shape index (κ2) is 5.47. The molecule has 0 aliphatic heterocycles. The van der Waals surface area contributed by atoms with E-state index in [4.69, 9.17) is 4.74 Å². The van der Waals surface area contributed by atoms with Gasteiger partial charge < -0.3 is 10.1 Å². The largest absolute Gasteiger partial charge is 0.373 e. The van der Waals surface area contributed by atoms with Crippen molar-refractivity contribution in [2.75, 3.05) is 11.9 Å². The predicted molar refractivity (Wildman–Crippen MR) is 63.3 cm³/mol. The second-order valence-electron chi connectivity index (χ2n) is 3.88. The van der Waals surface area contributed by atoms with Crippen molar-refractivity contribution in [2.45, 2.75) is 45.3 Å². The molecule has 3 nitrogen and oxygen atoms in total. The van der Waals surface area contributed by atoms with E-state index in [9.17, 15) is 0 Å². The molecule has 0 amide bonds. The lowest BCUT2D eigenvalue weighted by atomic mass is 10.3. The summed E-state index contributed by atoms with van der Waals surface area (Å²) in [5.41, 5.74) is 0. The van der Waals surface area contributed by atoms with Gasteiger partial charge in [0, 0.05) is 12.7 Å². The summed E-state index contributed by atoms with van der Waals surface area (Å²) in [4.78, 5) is 5.50. The molecular formula is C11H18N2OS. The van der Waals surface area contributed by atoms with Gasteiger partial charge in [-0.1, -0.05) is 24.2 Å². The van der Waals surface area contributed by atoms with Gasteiger partial charge in [-0.15, -0.1) is 0 Å².